The average Bonchev–Trinajstić information content (AvgIpc) is 3.00. The van der Waals surface area contributed by atoms with Gasteiger partial charge in [0.1, 0.15) is 5.82 Å². The lowest BCUT2D eigenvalue weighted by atomic mass is 9.94. The number of nitrogens with zero attached hydrogens (tertiary/aromatic N) is 3. The maximum Gasteiger partial charge on any atom is 0.251 e. The van der Waals surface area contributed by atoms with Crippen molar-refractivity contribution in [3.8, 4) is 11.1 Å². The van der Waals surface area contributed by atoms with Crippen LogP contribution in [0, 0.1) is 6.92 Å². The second kappa shape index (κ2) is 19.0. The van der Waals surface area contributed by atoms with Gasteiger partial charge >= 0.3 is 0 Å². The van der Waals surface area contributed by atoms with Gasteiger partial charge in [0, 0.05) is 48.8 Å². The Balaban J connectivity index is 0.00000148. The molecule has 1 aliphatic rings. The van der Waals surface area contributed by atoms with Crippen molar-refractivity contribution in [3.05, 3.63) is 76.7 Å². The van der Waals surface area contributed by atoms with Crippen LogP contribution < -0.4 is 10.2 Å². The summed E-state index contributed by atoms with van der Waals surface area (Å²) in [4.78, 5) is 23.8. The van der Waals surface area contributed by atoms with E-state index in [9.17, 15) is 4.79 Å². The Hall–Kier alpha value is -3.21. The van der Waals surface area contributed by atoms with E-state index < -0.39 is 0 Å². The number of fused-ring (bicyclic) bond motifs is 1. The molecule has 4 rings (SSSR count). The highest BCUT2D eigenvalue weighted by molar-refractivity contribution is 5.96. The lowest BCUT2D eigenvalue weighted by Crippen LogP contribution is -2.33. The predicted molar refractivity (Wildman–Crippen MR) is 162 cm³/mol. The Bertz CT molecular complexity index is 1060. The van der Waals surface area contributed by atoms with E-state index >= 15 is 0 Å². The van der Waals surface area contributed by atoms with Crippen LogP contribution in [0.25, 0.3) is 11.1 Å². The van der Waals surface area contributed by atoms with Crippen molar-refractivity contribution in [1.82, 2.24) is 15.3 Å². The smallest absolute Gasteiger partial charge is 0.251 e. The molecule has 5 heteroatoms. The third-order valence-corrected chi connectivity index (χ3v) is 5.63. The number of anilines is 1. The fourth-order valence-corrected chi connectivity index (χ4v) is 3.99. The van der Waals surface area contributed by atoms with Gasteiger partial charge < -0.3 is 10.2 Å². The molecule has 37 heavy (non-hydrogen) atoms. The molecule has 0 spiro atoms. The van der Waals surface area contributed by atoms with Crippen molar-refractivity contribution in [3.63, 3.8) is 0 Å². The van der Waals surface area contributed by atoms with Gasteiger partial charge in [-0.1, -0.05) is 74.4 Å². The van der Waals surface area contributed by atoms with Crippen LogP contribution in [0.5, 0.6) is 0 Å². The molecular formula is C32H50N4O. The van der Waals surface area contributed by atoms with Gasteiger partial charge in [0.05, 0.1) is 0 Å². The Morgan fingerprint density at radius 2 is 1.65 bits per heavy atom. The van der Waals surface area contributed by atoms with Crippen molar-refractivity contribution in [2.75, 3.05) is 18.5 Å². The first kappa shape index (κ1) is 33.8. The Morgan fingerprint density at radius 3 is 2.24 bits per heavy atom. The fourth-order valence-electron chi connectivity index (χ4n) is 3.99. The number of carbonyl (C=O) groups is 1. The Morgan fingerprint density at radius 1 is 0.973 bits per heavy atom. The summed E-state index contributed by atoms with van der Waals surface area (Å²) in [5, 5.41) is 2.75. The zero-order valence-corrected chi connectivity index (χ0v) is 25.2. The van der Waals surface area contributed by atoms with Crippen molar-refractivity contribution in [2.24, 2.45) is 0 Å². The van der Waals surface area contributed by atoms with Crippen LogP contribution in [-0.2, 0) is 19.4 Å². The Kier molecular flexibility index (Phi) is 17.3. The normalized spacial score (nSPS) is 10.9. The standard InChI is InChI=1S/C24H26N4O.4C2H6/c1-4-19-14-18(10-12-26-19)20-8-9-23(27-16(20)2)28-13-11-17-6-5-7-21(22(17)15-28)24(29)25-3;4*1-2/h5-10,12,14H,4,11,13,15H2,1-3H3,(H,25,29);4*1-2H3. The number of aromatic nitrogens is 2. The molecule has 1 N–H and O–H groups in total. The molecule has 3 aromatic rings. The minimum Gasteiger partial charge on any atom is -0.355 e. The molecular weight excluding hydrogens is 456 g/mol. The second-order valence-corrected chi connectivity index (χ2v) is 7.39. The number of rotatable bonds is 4. The third kappa shape index (κ3) is 8.99. The molecule has 0 saturated heterocycles. The molecule has 0 radical (unpaired) electrons. The second-order valence-electron chi connectivity index (χ2n) is 7.39. The first-order valence-electron chi connectivity index (χ1n) is 14.1. The quantitative estimate of drug-likeness (QED) is 0.389. The lowest BCUT2D eigenvalue weighted by molar-refractivity contribution is 0.0962. The molecule has 5 nitrogen and oxygen atoms in total. The van der Waals surface area contributed by atoms with E-state index in [2.05, 4.69) is 53.3 Å². The van der Waals surface area contributed by atoms with Crippen molar-refractivity contribution in [1.29, 1.82) is 0 Å². The van der Waals surface area contributed by atoms with Gasteiger partial charge in [0.2, 0.25) is 0 Å². The lowest BCUT2D eigenvalue weighted by Gasteiger charge is -2.31. The van der Waals surface area contributed by atoms with Crippen molar-refractivity contribution >= 4 is 11.7 Å². The summed E-state index contributed by atoms with van der Waals surface area (Å²) in [6, 6.07) is 14.4. The highest BCUT2D eigenvalue weighted by Crippen LogP contribution is 2.29. The van der Waals surface area contributed by atoms with Gasteiger partial charge in [-0.25, -0.2) is 4.98 Å². The van der Waals surface area contributed by atoms with E-state index in [1.807, 2.05) is 79.8 Å². The van der Waals surface area contributed by atoms with E-state index in [0.29, 0.717) is 6.54 Å². The molecule has 0 saturated carbocycles. The highest BCUT2D eigenvalue weighted by Gasteiger charge is 2.22. The fraction of sp³-hybridized carbons (Fsp3) is 0.469. The summed E-state index contributed by atoms with van der Waals surface area (Å²) in [6.07, 6.45) is 3.69. The topological polar surface area (TPSA) is 58.1 Å². The van der Waals surface area contributed by atoms with Crippen LogP contribution in [0.4, 0.5) is 5.82 Å². The number of carbonyl (C=O) groups excluding carboxylic acids is 1. The number of pyridine rings is 2. The summed E-state index contributed by atoms with van der Waals surface area (Å²) in [7, 11) is 1.68. The zero-order valence-electron chi connectivity index (χ0n) is 25.2. The van der Waals surface area contributed by atoms with E-state index in [0.717, 1.165) is 58.8 Å². The molecule has 0 aliphatic carbocycles. The van der Waals surface area contributed by atoms with E-state index in [-0.39, 0.29) is 5.91 Å². The maximum atomic E-state index is 12.3. The minimum absolute atomic E-state index is 0.0346. The van der Waals surface area contributed by atoms with Crippen molar-refractivity contribution < 1.29 is 4.79 Å². The van der Waals surface area contributed by atoms with Gasteiger partial charge in [0.25, 0.3) is 5.91 Å². The van der Waals surface area contributed by atoms with Crippen molar-refractivity contribution in [2.45, 2.75) is 88.6 Å². The van der Waals surface area contributed by atoms with Crippen LogP contribution in [0.2, 0.25) is 0 Å². The molecule has 0 bridgehead atoms. The molecule has 1 amide bonds. The molecule has 0 atom stereocenters. The Labute approximate surface area is 226 Å². The summed E-state index contributed by atoms with van der Waals surface area (Å²) in [5.74, 6) is 0.918. The number of hydrogen-bond donors (Lipinski definition) is 1. The van der Waals surface area contributed by atoms with E-state index in [4.69, 9.17) is 4.98 Å². The molecule has 0 unspecified atom stereocenters. The van der Waals surface area contributed by atoms with Crippen LogP contribution in [0.1, 0.15) is 95.2 Å². The van der Waals surface area contributed by atoms with E-state index in [1.165, 1.54) is 5.56 Å². The van der Waals surface area contributed by atoms with Gasteiger partial charge in [-0.05, 0) is 66.8 Å². The van der Waals surface area contributed by atoms with Gasteiger partial charge in [0.15, 0.2) is 0 Å². The number of aryl methyl sites for hydroxylation is 2. The maximum absolute atomic E-state index is 12.3. The number of amides is 1. The number of benzene rings is 1. The zero-order chi connectivity index (χ0) is 28.4. The van der Waals surface area contributed by atoms with E-state index in [1.54, 1.807) is 7.05 Å². The van der Waals surface area contributed by atoms with Gasteiger partial charge in [-0.3, -0.25) is 9.78 Å². The van der Waals surface area contributed by atoms with Crippen LogP contribution in [0.15, 0.2) is 48.7 Å². The summed E-state index contributed by atoms with van der Waals surface area (Å²) in [5.41, 5.74) is 7.48. The molecule has 1 aromatic carbocycles. The molecule has 1 aliphatic heterocycles. The molecule has 0 fully saturated rings. The largest absolute Gasteiger partial charge is 0.355 e. The number of hydrogen-bond acceptors (Lipinski definition) is 4. The molecule has 204 valence electrons. The molecule has 2 aromatic heterocycles. The highest BCUT2D eigenvalue weighted by atomic mass is 16.1. The van der Waals surface area contributed by atoms with Gasteiger partial charge in [-0.2, -0.15) is 0 Å². The van der Waals surface area contributed by atoms with Crippen LogP contribution in [-0.4, -0.2) is 29.5 Å². The summed E-state index contributed by atoms with van der Waals surface area (Å²) < 4.78 is 0. The summed E-state index contributed by atoms with van der Waals surface area (Å²) in [6.45, 7) is 21.8. The predicted octanol–water partition coefficient (Wildman–Crippen LogP) is 8.04. The number of nitrogens with one attached hydrogen (secondary N) is 1. The third-order valence-electron chi connectivity index (χ3n) is 5.63. The first-order valence-corrected chi connectivity index (χ1v) is 14.1. The van der Waals surface area contributed by atoms with Crippen LogP contribution >= 0.6 is 0 Å². The van der Waals surface area contributed by atoms with Gasteiger partial charge in [-0.15, -0.1) is 0 Å². The SMILES string of the molecule is CC.CC.CC.CC.CCc1cc(-c2ccc(N3CCc4cccc(C(=O)NC)c4C3)nc2C)ccn1. The average molecular weight is 507 g/mol. The monoisotopic (exact) mass is 506 g/mol. The molecule has 3 heterocycles. The summed E-state index contributed by atoms with van der Waals surface area (Å²) >= 11 is 0. The first-order chi connectivity index (χ1) is 18.1. The van der Waals surface area contributed by atoms with Crippen LogP contribution in [0.3, 0.4) is 0 Å². The minimum atomic E-state index is -0.0346.